The van der Waals surface area contributed by atoms with Gasteiger partial charge >= 0.3 is 0 Å². The van der Waals surface area contributed by atoms with Crippen molar-refractivity contribution in [1.29, 1.82) is 0 Å². The van der Waals surface area contributed by atoms with Crippen molar-refractivity contribution in [3.05, 3.63) is 59.8 Å². The smallest absolute Gasteiger partial charge is 0.257 e. The van der Waals surface area contributed by atoms with Gasteiger partial charge < -0.3 is 19.5 Å². The van der Waals surface area contributed by atoms with Crippen molar-refractivity contribution in [2.75, 3.05) is 27.4 Å². The molecule has 0 radical (unpaired) electrons. The molecule has 162 valence electrons. The molecule has 0 unspecified atom stereocenters. The molecule has 0 saturated carbocycles. The lowest BCUT2D eigenvalue weighted by Gasteiger charge is -2.17. The highest BCUT2D eigenvalue weighted by atomic mass is 16.5. The van der Waals surface area contributed by atoms with Gasteiger partial charge in [-0.05, 0) is 36.2 Å². The summed E-state index contributed by atoms with van der Waals surface area (Å²) in [4.78, 5) is 29.7. The molecular formula is C24H26N2O5. The topological polar surface area (TPSA) is 86.8 Å². The molecule has 3 aromatic rings. The third-order valence-corrected chi connectivity index (χ3v) is 4.81. The quantitative estimate of drug-likeness (QED) is 0.503. The van der Waals surface area contributed by atoms with Gasteiger partial charge in [-0.3, -0.25) is 14.6 Å². The van der Waals surface area contributed by atoms with Crippen LogP contribution in [0.3, 0.4) is 0 Å². The Hall–Kier alpha value is -3.61. The number of ketones is 1. The van der Waals surface area contributed by atoms with Gasteiger partial charge in [0.2, 0.25) is 5.75 Å². The largest absolute Gasteiger partial charge is 0.493 e. The maximum Gasteiger partial charge on any atom is 0.257 e. The third kappa shape index (κ3) is 5.12. The van der Waals surface area contributed by atoms with Gasteiger partial charge in [0.25, 0.3) is 5.91 Å². The summed E-state index contributed by atoms with van der Waals surface area (Å²) in [6, 6.07) is 12.8. The standard InChI is InChI=1S/C24H26N2O5/c1-4-12-26-22(28)15-31-23-18(9-10-21(29-2)24(23)30-3)20(27)14-16-11-13-25-19-8-6-5-7-17(16)19/h5-11,13H,4,12,14-15H2,1-3H3,(H,26,28). The molecule has 0 aliphatic rings. The SMILES string of the molecule is CCCNC(=O)COc1c(C(=O)Cc2ccnc3ccccc23)ccc(OC)c1OC. The molecule has 7 nitrogen and oxygen atoms in total. The molecule has 1 N–H and O–H groups in total. The lowest BCUT2D eigenvalue weighted by Crippen LogP contribution is -2.29. The molecule has 1 amide bonds. The molecule has 0 spiro atoms. The average Bonchev–Trinajstić information content (AvgIpc) is 2.80. The van der Waals surface area contributed by atoms with Crippen LogP contribution in [0.2, 0.25) is 0 Å². The third-order valence-electron chi connectivity index (χ3n) is 4.81. The molecule has 1 aromatic heterocycles. The maximum absolute atomic E-state index is 13.3. The van der Waals surface area contributed by atoms with Crippen molar-refractivity contribution in [3.63, 3.8) is 0 Å². The summed E-state index contributed by atoms with van der Waals surface area (Å²) in [6.45, 7) is 2.28. The van der Waals surface area contributed by atoms with Crippen LogP contribution in [0.25, 0.3) is 10.9 Å². The summed E-state index contributed by atoms with van der Waals surface area (Å²) in [5, 5.41) is 3.67. The number of Topliss-reactive ketones (excluding diaryl/α,β-unsaturated/α-hetero) is 1. The second-order valence-electron chi connectivity index (χ2n) is 6.90. The normalized spacial score (nSPS) is 10.5. The van der Waals surface area contributed by atoms with Crippen LogP contribution in [-0.2, 0) is 11.2 Å². The lowest BCUT2D eigenvalue weighted by atomic mass is 9.99. The highest BCUT2D eigenvalue weighted by Crippen LogP contribution is 2.40. The van der Waals surface area contributed by atoms with Crippen LogP contribution >= 0.6 is 0 Å². The summed E-state index contributed by atoms with van der Waals surface area (Å²) >= 11 is 0. The van der Waals surface area contributed by atoms with Gasteiger partial charge in [0.15, 0.2) is 23.9 Å². The Morgan fingerprint density at radius 1 is 1.00 bits per heavy atom. The highest BCUT2D eigenvalue weighted by molar-refractivity contribution is 6.03. The van der Waals surface area contributed by atoms with E-state index in [0.717, 1.165) is 22.9 Å². The Bertz CT molecular complexity index is 1080. The molecular weight excluding hydrogens is 396 g/mol. The number of benzene rings is 2. The molecule has 7 heteroatoms. The van der Waals surface area contributed by atoms with Crippen LogP contribution in [0.4, 0.5) is 0 Å². The van der Waals surface area contributed by atoms with E-state index in [4.69, 9.17) is 14.2 Å². The van der Waals surface area contributed by atoms with Crippen LogP contribution in [0.1, 0.15) is 29.3 Å². The first-order valence-corrected chi connectivity index (χ1v) is 10.1. The number of nitrogens with zero attached hydrogens (tertiary/aromatic N) is 1. The number of methoxy groups -OCH3 is 2. The number of amides is 1. The molecule has 0 fully saturated rings. The van der Waals surface area contributed by atoms with Gasteiger partial charge in [-0.1, -0.05) is 25.1 Å². The number of hydrogen-bond acceptors (Lipinski definition) is 6. The molecule has 0 aliphatic carbocycles. The second kappa shape index (κ2) is 10.4. The number of carbonyl (C=O) groups is 2. The Morgan fingerprint density at radius 2 is 1.81 bits per heavy atom. The minimum Gasteiger partial charge on any atom is -0.493 e. The second-order valence-corrected chi connectivity index (χ2v) is 6.90. The first-order valence-electron chi connectivity index (χ1n) is 10.1. The van der Waals surface area contributed by atoms with Crippen LogP contribution < -0.4 is 19.5 Å². The zero-order chi connectivity index (χ0) is 22.2. The molecule has 31 heavy (non-hydrogen) atoms. The van der Waals surface area contributed by atoms with Crippen molar-refractivity contribution >= 4 is 22.6 Å². The van der Waals surface area contributed by atoms with Gasteiger partial charge in [-0.15, -0.1) is 0 Å². The van der Waals surface area contributed by atoms with E-state index in [1.807, 2.05) is 37.3 Å². The Balaban J connectivity index is 1.93. The fourth-order valence-electron chi connectivity index (χ4n) is 3.29. The molecule has 0 atom stereocenters. The van der Waals surface area contributed by atoms with Crippen LogP contribution in [0, 0.1) is 0 Å². The van der Waals surface area contributed by atoms with E-state index in [2.05, 4.69) is 10.3 Å². The van der Waals surface area contributed by atoms with Crippen molar-refractivity contribution in [2.24, 2.45) is 0 Å². The fourth-order valence-corrected chi connectivity index (χ4v) is 3.29. The number of ether oxygens (including phenoxy) is 3. The van der Waals surface area contributed by atoms with E-state index < -0.39 is 0 Å². The summed E-state index contributed by atoms with van der Waals surface area (Å²) in [5.41, 5.74) is 2.00. The molecule has 0 bridgehead atoms. The Labute approximate surface area is 181 Å². The molecule has 3 rings (SSSR count). The van der Waals surface area contributed by atoms with E-state index in [9.17, 15) is 9.59 Å². The number of rotatable bonds is 10. The highest BCUT2D eigenvalue weighted by Gasteiger charge is 2.22. The number of nitrogens with one attached hydrogen (secondary N) is 1. The minimum absolute atomic E-state index is 0.150. The first-order chi connectivity index (χ1) is 15.1. The van der Waals surface area contributed by atoms with Crippen LogP contribution in [0.5, 0.6) is 17.2 Å². The molecule has 1 heterocycles. The minimum atomic E-state index is -0.273. The monoisotopic (exact) mass is 422 g/mol. The maximum atomic E-state index is 13.3. The van der Waals surface area contributed by atoms with Crippen LogP contribution in [-0.4, -0.2) is 44.0 Å². The van der Waals surface area contributed by atoms with Crippen molar-refractivity contribution in [3.8, 4) is 17.2 Å². The van der Waals surface area contributed by atoms with E-state index in [1.165, 1.54) is 14.2 Å². The Kier molecular flexibility index (Phi) is 7.43. The number of pyridine rings is 1. The molecule has 0 saturated heterocycles. The van der Waals surface area contributed by atoms with Gasteiger partial charge in [-0.2, -0.15) is 0 Å². The number of para-hydroxylation sites is 1. The zero-order valence-electron chi connectivity index (χ0n) is 17.9. The van der Waals surface area contributed by atoms with Crippen molar-refractivity contribution in [2.45, 2.75) is 19.8 Å². The molecule has 2 aromatic carbocycles. The number of aromatic nitrogens is 1. The van der Waals surface area contributed by atoms with Gasteiger partial charge in [0.05, 0.1) is 25.3 Å². The van der Waals surface area contributed by atoms with Gasteiger partial charge in [0, 0.05) is 24.5 Å². The fraction of sp³-hybridized carbons (Fsp3) is 0.292. The number of fused-ring (bicyclic) bond motifs is 1. The van der Waals surface area contributed by atoms with Gasteiger partial charge in [-0.25, -0.2) is 0 Å². The average molecular weight is 422 g/mol. The molecule has 0 aliphatic heterocycles. The summed E-state index contributed by atoms with van der Waals surface area (Å²) in [7, 11) is 2.96. The number of hydrogen-bond donors (Lipinski definition) is 1. The summed E-state index contributed by atoms with van der Waals surface area (Å²) in [5.74, 6) is 0.442. The lowest BCUT2D eigenvalue weighted by molar-refractivity contribution is -0.123. The van der Waals surface area contributed by atoms with E-state index in [1.54, 1.807) is 18.3 Å². The number of carbonyl (C=O) groups excluding carboxylic acids is 2. The summed E-state index contributed by atoms with van der Waals surface area (Å²) in [6.07, 6.45) is 2.66. The van der Waals surface area contributed by atoms with Gasteiger partial charge in [0.1, 0.15) is 0 Å². The van der Waals surface area contributed by atoms with Crippen LogP contribution in [0.15, 0.2) is 48.7 Å². The Morgan fingerprint density at radius 3 is 2.55 bits per heavy atom. The zero-order valence-corrected chi connectivity index (χ0v) is 17.9. The first kappa shape index (κ1) is 22.1. The van der Waals surface area contributed by atoms with E-state index >= 15 is 0 Å². The van der Waals surface area contributed by atoms with E-state index in [0.29, 0.717) is 17.9 Å². The predicted molar refractivity (Wildman–Crippen MR) is 118 cm³/mol. The summed E-state index contributed by atoms with van der Waals surface area (Å²) < 4.78 is 16.5. The van der Waals surface area contributed by atoms with Crippen molar-refractivity contribution in [1.82, 2.24) is 10.3 Å². The predicted octanol–water partition coefficient (Wildman–Crippen LogP) is 3.58. The van der Waals surface area contributed by atoms with Crippen molar-refractivity contribution < 1.29 is 23.8 Å². The van der Waals surface area contributed by atoms with E-state index in [-0.39, 0.29) is 36.2 Å².